The number of nitrogens with two attached hydrogens (primary N) is 1. The van der Waals surface area contributed by atoms with E-state index < -0.39 is 10.0 Å². The number of rotatable bonds is 4. The molecule has 7 heteroatoms. The first-order valence-electron chi connectivity index (χ1n) is 7.82. The zero-order valence-corrected chi connectivity index (χ0v) is 14.7. The molecule has 3 N–H and O–H groups in total. The smallest absolute Gasteiger partial charge is 0.253 e. The van der Waals surface area contributed by atoms with Crippen LogP contribution in [0, 0.1) is 5.41 Å². The molecule has 1 amide bonds. The Morgan fingerprint density at radius 2 is 2.13 bits per heavy atom. The second kappa shape index (κ2) is 6.59. The molecule has 6 nitrogen and oxygen atoms in total. The van der Waals surface area contributed by atoms with E-state index >= 15 is 0 Å². The molecule has 0 aliphatic carbocycles. The number of sulfonamides is 1. The Labute approximate surface area is 138 Å². The Hall–Kier alpha value is -1.44. The van der Waals surface area contributed by atoms with Gasteiger partial charge in [-0.15, -0.1) is 0 Å². The predicted octanol–water partition coefficient (Wildman–Crippen LogP) is 1.18. The molecule has 1 unspecified atom stereocenters. The molecule has 0 saturated carbocycles. The van der Waals surface area contributed by atoms with Gasteiger partial charge in [0.1, 0.15) is 0 Å². The van der Waals surface area contributed by atoms with Gasteiger partial charge in [-0.2, -0.15) is 0 Å². The molecule has 1 atom stereocenters. The lowest BCUT2D eigenvalue weighted by molar-refractivity contribution is 0.0533. The van der Waals surface area contributed by atoms with Gasteiger partial charge in [0.15, 0.2) is 0 Å². The summed E-state index contributed by atoms with van der Waals surface area (Å²) in [6.07, 6.45) is 0.744. The monoisotopic (exact) mass is 339 g/mol. The maximum absolute atomic E-state index is 12.7. The van der Waals surface area contributed by atoms with Crippen molar-refractivity contribution < 1.29 is 13.2 Å². The van der Waals surface area contributed by atoms with Crippen molar-refractivity contribution in [3.05, 3.63) is 29.8 Å². The SMILES string of the molecule is CCNS(=O)(=O)c1cccc(C(=O)N2CCC(N)C(C)(C)C2)c1. The van der Waals surface area contributed by atoms with Gasteiger partial charge in [-0.1, -0.05) is 26.8 Å². The molecule has 0 bridgehead atoms. The third-order valence-electron chi connectivity index (χ3n) is 4.33. The molecule has 1 fully saturated rings. The second-order valence-corrected chi connectivity index (χ2v) is 8.41. The quantitative estimate of drug-likeness (QED) is 0.862. The molecule has 2 rings (SSSR count). The van der Waals surface area contributed by atoms with Crippen LogP contribution in [-0.4, -0.2) is 44.9 Å². The van der Waals surface area contributed by atoms with E-state index in [0.29, 0.717) is 25.2 Å². The minimum absolute atomic E-state index is 0.0621. The normalized spacial score (nSPS) is 21.2. The van der Waals surface area contributed by atoms with Crippen LogP contribution in [0.3, 0.4) is 0 Å². The first-order chi connectivity index (χ1) is 10.7. The van der Waals surface area contributed by atoms with E-state index in [1.54, 1.807) is 24.0 Å². The molecule has 128 valence electrons. The summed E-state index contributed by atoms with van der Waals surface area (Å²) in [4.78, 5) is 14.6. The Balaban J connectivity index is 2.24. The lowest BCUT2D eigenvalue weighted by atomic mass is 9.79. The highest BCUT2D eigenvalue weighted by Crippen LogP contribution is 2.28. The molecule has 0 spiro atoms. The van der Waals surface area contributed by atoms with Gasteiger partial charge < -0.3 is 10.6 Å². The van der Waals surface area contributed by atoms with Crippen LogP contribution in [0.5, 0.6) is 0 Å². The van der Waals surface area contributed by atoms with Gasteiger partial charge in [-0.05, 0) is 30.0 Å². The first kappa shape index (κ1) is 17.9. The number of nitrogens with zero attached hydrogens (tertiary/aromatic N) is 1. The standard InChI is InChI=1S/C16H25N3O3S/c1-4-18-23(21,22)13-7-5-6-12(10-13)15(20)19-9-8-14(17)16(2,3)11-19/h5-7,10,14,18H,4,8-9,11,17H2,1-3H3. The van der Waals surface area contributed by atoms with Crippen LogP contribution in [0.15, 0.2) is 29.2 Å². The molecule has 1 aromatic rings. The van der Waals surface area contributed by atoms with Crippen molar-refractivity contribution in [2.45, 2.75) is 38.1 Å². The van der Waals surface area contributed by atoms with Gasteiger partial charge in [-0.3, -0.25) is 4.79 Å². The van der Waals surface area contributed by atoms with Crippen molar-refractivity contribution >= 4 is 15.9 Å². The molecule has 23 heavy (non-hydrogen) atoms. The molecule has 1 aromatic carbocycles. The highest BCUT2D eigenvalue weighted by Gasteiger charge is 2.35. The van der Waals surface area contributed by atoms with Crippen molar-refractivity contribution in [2.24, 2.45) is 11.1 Å². The van der Waals surface area contributed by atoms with E-state index in [2.05, 4.69) is 4.72 Å². The zero-order valence-electron chi connectivity index (χ0n) is 13.9. The Morgan fingerprint density at radius 3 is 2.74 bits per heavy atom. The number of hydrogen-bond donors (Lipinski definition) is 2. The second-order valence-electron chi connectivity index (χ2n) is 6.64. The van der Waals surface area contributed by atoms with Gasteiger partial charge in [0.25, 0.3) is 5.91 Å². The molecular weight excluding hydrogens is 314 g/mol. The number of benzene rings is 1. The minimum atomic E-state index is -3.57. The average Bonchev–Trinajstić information content (AvgIpc) is 2.49. The van der Waals surface area contributed by atoms with E-state index in [-0.39, 0.29) is 22.3 Å². The lowest BCUT2D eigenvalue weighted by Gasteiger charge is -2.42. The van der Waals surface area contributed by atoms with Crippen molar-refractivity contribution in [3.8, 4) is 0 Å². The maximum Gasteiger partial charge on any atom is 0.253 e. The Bertz CT molecular complexity index is 686. The number of piperidine rings is 1. The van der Waals surface area contributed by atoms with Gasteiger partial charge in [0.05, 0.1) is 4.90 Å². The van der Waals surface area contributed by atoms with Crippen LogP contribution in [0.25, 0.3) is 0 Å². The number of hydrogen-bond acceptors (Lipinski definition) is 4. The van der Waals surface area contributed by atoms with Crippen LogP contribution >= 0.6 is 0 Å². The van der Waals surface area contributed by atoms with E-state index in [0.717, 1.165) is 6.42 Å². The van der Waals surface area contributed by atoms with Crippen LogP contribution in [0.1, 0.15) is 37.6 Å². The van der Waals surface area contributed by atoms with Gasteiger partial charge >= 0.3 is 0 Å². The third-order valence-corrected chi connectivity index (χ3v) is 5.87. The molecular formula is C16H25N3O3S. The van der Waals surface area contributed by atoms with Crippen molar-refractivity contribution in [1.29, 1.82) is 0 Å². The summed E-state index contributed by atoms with van der Waals surface area (Å²) in [6, 6.07) is 6.23. The number of carbonyl (C=O) groups is 1. The summed E-state index contributed by atoms with van der Waals surface area (Å²) in [5.41, 5.74) is 6.34. The summed E-state index contributed by atoms with van der Waals surface area (Å²) in [7, 11) is -3.57. The maximum atomic E-state index is 12.7. The fourth-order valence-corrected chi connectivity index (χ4v) is 3.89. The van der Waals surface area contributed by atoms with E-state index in [1.165, 1.54) is 12.1 Å². The molecule has 0 radical (unpaired) electrons. The van der Waals surface area contributed by atoms with Gasteiger partial charge in [-0.25, -0.2) is 13.1 Å². The molecule has 0 aromatic heterocycles. The van der Waals surface area contributed by atoms with Gasteiger partial charge in [0.2, 0.25) is 10.0 Å². The van der Waals surface area contributed by atoms with Crippen LogP contribution in [-0.2, 0) is 10.0 Å². The summed E-state index contributed by atoms with van der Waals surface area (Å²) >= 11 is 0. The zero-order chi connectivity index (χ0) is 17.3. The van der Waals surface area contributed by atoms with Gasteiger partial charge in [0, 0.05) is 31.2 Å². The number of nitrogens with one attached hydrogen (secondary N) is 1. The van der Waals surface area contributed by atoms with Crippen molar-refractivity contribution in [3.63, 3.8) is 0 Å². The molecule has 1 aliphatic heterocycles. The van der Waals surface area contributed by atoms with Crippen LogP contribution in [0.4, 0.5) is 0 Å². The largest absolute Gasteiger partial charge is 0.338 e. The number of carbonyl (C=O) groups excluding carboxylic acids is 1. The van der Waals surface area contributed by atoms with Crippen LogP contribution in [0.2, 0.25) is 0 Å². The lowest BCUT2D eigenvalue weighted by Crippen LogP contribution is -2.54. The highest BCUT2D eigenvalue weighted by molar-refractivity contribution is 7.89. The van der Waals surface area contributed by atoms with Crippen LogP contribution < -0.4 is 10.5 Å². The predicted molar refractivity (Wildman–Crippen MR) is 89.6 cm³/mol. The van der Waals surface area contributed by atoms with E-state index in [1.807, 2.05) is 13.8 Å². The Morgan fingerprint density at radius 1 is 1.43 bits per heavy atom. The fourth-order valence-electron chi connectivity index (χ4n) is 2.80. The highest BCUT2D eigenvalue weighted by atomic mass is 32.2. The number of amides is 1. The number of likely N-dealkylation sites (tertiary alicyclic amines) is 1. The molecule has 1 saturated heterocycles. The Kier molecular flexibility index (Phi) is 5.13. The third kappa shape index (κ3) is 3.91. The van der Waals surface area contributed by atoms with E-state index in [4.69, 9.17) is 5.73 Å². The first-order valence-corrected chi connectivity index (χ1v) is 9.30. The molecule has 1 aliphatic rings. The summed E-state index contributed by atoms with van der Waals surface area (Å²) in [5.74, 6) is -0.154. The topological polar surface area (TPSA) is 92.5 Å². The molecule has 1 heterocycles. The summed E-state index contributed by atoms with van der Waals surface area (Å²) < 4.78 is 26.6. The summed E-state index contributed by atoms with van der Waals surface area (Å²) in [6.45, 7) is 7.27. The van der Waals surface area contributed by atoms with Crippen molar-refractivity contribution in [1.82, 2.24) is 9.62 Å². The van der Waals surface area contributed by atoms with E-state index in [9.17, 15) is 13.2 Å². The summed E-state index contributed by atoms with van der Waals surface area (Å²) in [5, 5.41) is 0. The van der Waals surface area contributed by atoms with Crippen molar-refractivity contribution in [2.75, 3.05) is 19.6 Å². The minimum Gasteiger partial charge on any atom is -0.338 e. The fraction of sp³-hybridized carbons (Fsp3) is 0.562. The average molecular weight is 339 g/mol.